The maximum absolute atomic E-state index is 12.7. The van der Waals surface area contributed by atoms with Crippen molar-refractivity contribution in [1.82, 2.24) is 0 Å². The van der Waals surface area contributed by atoms with E-state index in [1.54, 1.807) is 18.2 Å². The maximum atomic E-state index is 12.7. The summed E-state index contributed by atoms with van der Waals surface area (Å²) in [7, 11) is 0. The first-order chi connectivity index (χ1) is 9.77. The summed E-state index contributed by atoms with van der Waals surface area (Å²) in [5.41, 5.74) is -0.0359. The lowest BCUT2D eigenvalue weighted by atomic mass is 9.99. The van der Waals surface area contributed by atoms with Gasteiger partial charge in [-0.05, 0) is 41.5 Å². The van der Waals surface area contributed by atoms with Crippen LogP contribution in [0.3, 0.4) is 0 Å². The Bertz CT molecular complexity index is 641. The molecule has 0 radical (unpaired) electrons. The molecule has 2 aromatic carbocycles. The maximum Gasteiger partial charge on any atom is 0.416 e. The first-order valence-corrected chi connectivity index (χ1v) is 6.82. The Kier molecular flexibility index (Phi) is 4.81. The Morgan fingerprint density at radius 2 is 1.76 bits per heavy atom. The van der Waals surface area contributed by atoms with Gasteiger partial charge in [0, 0.05) is 16.5 Å². The molecule has 1 N–H and O–H groups in total. The van der Waals surface area contributed by atoms with Gasteiger partial charge in [-0.3, -0.25) is 0 Å². The van der Waals surface area contributed by atoms with Crippen LogP contribution in [-0.2, 0) is 12.6 Å². The molecule has 2 rings (SSSR count). The highest BCUT2D eigenvalue weighted by atomic mass is 35.5. The fourth-order valence-corrected chi connectivity index (χ4v) is 2.34. The molecule has 0 bridgehead atoms. The van der Waals surface area contributed by atoms with E-state index < -0.39 is 17.8 Å². The zero-order valence-corrected chi connectivity index (χ0v) is 12.2. The van der Waals surface area contributed by atoms with E-state index in [0.717, 1.165) is 12.1 Å². The van der Waals surface area contributed by atoms with Gasteiger partial charge in [0.05, 0.1) is 11.7 Å². The van der Waals surface area contributed by atoms with Gasteiger partial charge in [0.2, 0.25) is 0 Å². The number of aliphatic hydroxyl groups is 1. The van der Waals surface area contributed by atoms with Crippen molar-refractivity contribution >= 4 is 23.2 Å². The summed E-state index contributed by atoms with van der Waals surface area (Å²) in [4.78, 5) is 0. The van der Waals surface area contributed by atoms with Gasteiger partial charge >= 0.3 is 6.18 Å². The lowest BCUT2D eigenvalue weighted by Crippen LogP contribution is -2.08. The average Bonchev–Trinajstić information content (AvgIpc) is 2.42. The van der Waals surface area contributed by atoms with Gasteiger partial charge in [-0.2, -0.15) is 13.2 Å². The molecule has 0 fully saturated rings. The number of rotatable bonds is 3. The topological polar surface area (TPSA) is 20.2 Å². The number of halogens is 5. The molecule has 0 aliphatic carbocycles. The molecule has 0 amide bonds. The molecule has 1 unspecified atom stereocenters. The molecule has 2 aromatic rings. The lowest BCUT2D eigenvalue weighted by molar-refractivity contribution is -0.137. The predicted octanol–water partition coefficient (Wildman–Crippen LogP) is 5.29. The van der Waals surface area contributed by atoms with E-state index in [1.807, 2.05) is 0 Å². The molecule has 0 heterocycles. The lowest BCUT2D eigenvalue weighted by Gasteiger charge is -2.14. The van der Waals surface area contributed by atoms with Crippen LogP contribution in [0.15, 0.2) is 42.5 Å². The van der Waals surface area contributed by atoms with Gasteiger partial charge in [0.25, 0.3) is 0 Å². The summed E-state index contributed by atoms with van der Waals surface area (Å²) < 4.78 is 38.0. The molecule has 0 aliphatic heterocycles. The zero-order valence-electron chi connectivity index (χ0n) is 10.7. The molecule has 112 valence electrons. The fraction of sp³-hybridized carbons (Fsp3) is 0.200. The van der Waals surface area contributed by atoms with Crippen molar-refractivity contribution in [2.45, 2.75) is 18.7 Å². The molecular weight excluding hydrogens is 324 g/mol. The van der Waals surface area contributed by atoms with Crippen molar-refractivity contribution in [3.8, 4) is 0 Å². The standard InChI is InChI=1S/C15H11Cl2F3O/c16-12-4-5-13(17)10(7-12)8-14(21)9-2-1-3-11(6-9)15(18,19)20/h1-7,14,21H,8H2. The molecule has 0 saturated carbocycles. The quantitative estimate of drug-likeness (QED) is 0.808. The number of hydrogen-bond donors (Lipinski definition) is 1. The highest BCUT2D eigenvalue weighted by molar-refractivity contribution is 6.33. The van der Waals surface area contributed by atoms with Gasteiger partial charge in [-0.15, -0.1) is 0 Å². The second-order valence-electron chi connectivity index (χ2n) is 4.58. The summed E-state index contributed by atoms with van der Waals surface area (Å²) in [5, 5.41) is 11.0. The Labute approximate surface area is 129 Å². The van der Waals surface area contributed by atoms with Crippen LogP contribution in [0, 0.1) is 0 Å². The molecule has 0 aliphatic rings. The van der Waals surface area contributed by atoms with Crippen molar-refractivity contribution in [3.05, 3.63) is 69.2 Å². The minimum Gasteiger partial charge on any atom is -0.388 e. The zero-order chi connectivity index (χ0) is 15.6. The van der Waals surface area contributed by atoms with Crippen LogP contribution in [-0.4, -0.2) is 5.11 Å². The molecule has 0 saturated heterocycles. The van der Waals surface area contributed by atoms with Gasteiger partial charge in [0.15, 0.2) is 0 Å². The second kappa shape index (κ2) is 6.26. The Morgan fingerprint density at radius 3 is 2.43 bits per heavy atom. The van der Waals surface area contributed by atoms with Crippen LogP contribution in [0.2, 0.25) is 10.0 Å². The summed E-state index contributed by atoms with van der Waals surface area (Å²) >= 11 is 11.8. The third kappa shape index (κ3) is 4.13. The van der Waals surface area contributed by atoms with Crippen LogP contribution >= 0.6 is 23.2 Å². The molecule has 0 spiro atoms. The normalized spacial score (nSPS) is 13.2. The average molecular weight is 335 g/mol. The molecule has 21 heavy (non-hydrogen) atoms. The molecular formula is C15H11Cl2F3O. The number of hydrogen-bond acceptors (Lipinski definition) is 1. The molecule has 1 atom stereocenters. The largest absolute Gasteiger partial charge is 0.416 e. The summed E-state index contributed by atoms with van der Waals surface area (Å²) in [6.07, 6.45) is -5.45. The Hall–Kier alpha value is -1.23. The van der Waals surface area contributed by atoms with Gasteiger partial charge < -0.3 is 5.11 Å². The highest BCUT2D eigenvalue weighted by Gasteiger charge is 2.30. The van der Waals surface area contributed by atoms with E-state index in [2.05, 4.69) is 0 Å². The monoisotopic (exact) mass is 334 g/mol. The van der Waals surface area contributed by atoms with E-state index in [-0.39, 0.29) is 12.0 Å². The van der Waals surface area contributed by atoms with E-state index in [9.17, 15) is 18.3 Å². The van der Waals surface area contributed by atoms with Gasteiger partial charge in [0.1, 0.15) is 0 Å². The second-order valence-corrected chi connectivity index (χ2v) is 5.42. The minimum absolute atomic E-state index is 0.0840. The van der Waals surface area contributed by atoms with Crippen LogP contribution in [0.4, 0.5) is 13.2 Å². The first-order valence-electron chi connectivity index (χ1n) is 6.06. The van der Waals surface area contributed by atoms with Crippen molar-refractivity contribution < 1.29 is 18.3 Å². The Morgan fingerprint density at radius 1 is 1.05 bits per heavy atom. The minimum atomic E-state index is -4.44. The first kappa shape index (κ1) is 16.1. The van der Waals surface area contributed by atoms with Gasteiger partial charge in [-0.25, -0.2) is 0 Å². The van der Waals surface area contributed by atoms with Crippen LogP contribution < -0.4 is 0 Å². The SMILES string of the molecule is OC(Cc1cc(Cl)ccc1Cl)c1cccc(C(F)(F)F)c1. The van der Waals surface area contributed by atoms with E-state index in [1.165, 1.54) is 12.1 Å². The number of aliphatic hydroxyl groups excluding tert-OH is 1. The molecule has 0 aromatic heterocycles. The fourth-order valence-electron chi connectivity index (χ4n) is 1.95. The number of alkyl halides is 3. The summed E-state index contributed by atoms with van der Waals surface area (Å²) in [5.74, 6) is 0. The smallest absolute Gasteiger partial charge is 0.388 e. The van der Waals surface area contributed by atoms with Crippen molar-refractivity contribution in [1.29, 1.82) is 0 Å². The van der Waals surface area contributed by atoms with Crippen LogP contribution in [0.25, 0.3) is 0 Å². The van der Waals surface area contributed by atoms with E-state index >= 15 is 0 Å². The third-order valence-electron chi connectivity index (χ3n) is 3.02. The van der Waals surface area contributed by atoms with Crippen LogP contribution in [0.5, 0.6) is 0 Å². The summed E-state index contributed by atoms with van der Waals surface area (Å²) in [6.45, 7) is 0. The summed E-state index contributed by atoms with van der Waals surface area (Å²) in [6, 6.07) is 9.37. The van der Waals surface area contributed by atoms with E-state index in [4.69, 9.17) is 23.2 Å². The molecule has 1 nitrogen and oxygen atoms in total. The molecule has 6 heteroatoms. The van der Waals surface area contributed by atoms with Crippen LogP contribution in [0.1, 0.15) is 22.8 Å². The Balaban J connectivity index is 2.24. The van der Waals surface area contributed by atoms with Gasteiger partial charge in [-0.1, -0.05) is 35.3 Å². The van der Waals surface area contributed by atoms with Crippen molar-refractivity contribution in [3.63, 3.8) is 0 Å². The highest BCUT2D eigenvalue weighted by Crippen LogP contribution is 2.32. The van der Waals surface area contributed by atoms with E-state index in [0.29, 0.717) is 15.6 Å². The third-order valence-corrected chi connectivity index (χ3v) is 3.62. The predicted molar refractivity (Wildman–Crippen MR) is 76.6 cm³/mol. The number of benzene rings is 2. The van der Waals surface area contributed by atoms with Crippen molar-refractivity contribution in [2.75, 3.05) is 0 Å². The van der Waals surface area contributed by atoms with Crippen molar-refractivity contribution in [2.24, 2.45) is 0 Å².